The standard InChI is InChI=1S/C24H20FN5O4S/c25-10-5-6-14-13(7-10)24(23(34)28-14)19-18(15(29-24)8-17(27)31)20(32)30(21(19)33)22-12(9-26)11-3-1-2-4-16(11)35-22/h5-7,15,18-19,29H,1-4,8H2,(H2,27,31)(H,28,34)/t15?,18-,19+,24?/m0/s1. The Morgan fingerprint density at radius 3 is 2.77 bits per heavy atom. The number of aryl methyl sites for hydroxylation is 1. The van der Waals surface area contributed by atoms with E-state index in [0.717, 1.165) is 40.7 Å². The Balaban J connectivity index is 1.53. The van der Waals surface area contributed by atoms with E-state index < -0.39 is 52.9 Å². The topological polar surface area (TPSA) is 145 Å². The van der Waals surface area contributed by atoms with Crippen LogP contribution in [0.2, 0.25) is 0 Å². The van der Waals surface area contributed by atoms with Crippen molar-refractivity contribution < 1.29 is 23.6 Å². The van der Waals surface area contributed by atoms with Gasteiger partial charge >= 0.3 is 0 Å². The van der Waals surface area contributed by atoms with Crippen LogP contribution in [0.3, 0.4) is 0 Å². The largest absolute Gasteiger partial charge is 0.370 e. The highest BCUT2D eigenvalue weighted by atomic mass is 32.1. The third kappa shape index (κ3) is 2.81. The highest BCUT2D eigenvalue weighted by Crippen LogP contribution is 2.55. The summed E-state index contributed by atoms with van der Waals surface area (Å²) < 4.78 is 14.3. The number of nitrogens with one attached hydrogen (secondary N) is 2. The van der Waals surface area contributed by atoms with E-state index in [1.165, 1.54) is 23.5 Å². The molecular formula is C24H20FN5O4S. The first-order chi connectivity index (χ1) is 16.8. The van der Waals surface area contributed by atoms with Crippen LogP contribution >= 0.6 is 11.3 Å². The Bertz CT molecular complexity index is 1400. The van der Waals surface area contributed by atoms with Gasteiger partial charge in [-0.2, -0.15) is 5.26 Å². The van der Waals surface area contributed by atoms with Gasteiger partial charge in [0.1, 0.15) is 22.4 Å². The lowest BCUT2D eigenvalue weighted by atomic mass is 9.76. The maximum absolute atomic E-state index is 14.3. The predicted octanol–water partition coefficient (Wildman–Crippen LogP) is 1.44. The van der Waals surface area contributed by atoms with Crippen LogP contribution in [-0.4, -0.2) is 29.7 Å². The minimum Gasteiger partial charge on any atom is -0.370 e. The Kier molecular flexibility index (Phi) is 4.65. The number of primary amides is 1. The molecule has 4 amide bonds. The molecule has 1 aliphatic carbocycles. The van der Waals surface area contributed by atoms with Crippen molar-refractivity contribution in [1.29, 1.82) is 5.26 Å². The van der Waals surface area contributed by atoms with Crippen LogP contribution in [0, 0.1) is 29.0 Å². The molecule has 4 aliphatic rings. The SMILES string of the molecule is N#Cc1c(N2C(=O)[C@H]3C(CC(N)=O)NC4(C(=O)Nc5ccc(F)cc54)[C@H]3C2=O)sc2c1CCCC2. The minimum atomic E-state index is -1.74. The number of halogens is 1. The monoisotopic (exact) mass is 493 g/mol. The molecule has 1 aromatic carbocycles. The van der Waals surface area contributed by atoms with Crippen molar-refractivity contribution >= 4 is 45.7 Å². The normalized spacial score (nSPS) is 28.6. The summed E-state index contributed by atoms with van der Waals surface area (Å²) in [6.07, 6.45) is 3.05. The van der Waals surface area contributed by atoms with Crippen LogP contribution in [0.5, 0.6) is 0 Å². The second-order valence-corrected chi connectivity index (χ2v) is 10.5. The predicted molar refractivity (Wildman–Crippen MR) is 123 cm³/mol. The van der Waals surface area contributed by atoms with Crippen molar-refractivity contribution in [2.24, 2.45) is 17.6 Å². The molecule has 2 unspecified atom stereocenters. The second-order valence-electron chi connectivity index (χ2n) is 9.39. The number of amides is 4. The van der Waals surface area contributed by atoms with E-state index in [1.807, 2.05) is 0 Å². The zero-order valence-electron chi connectivity index (χ0n) is 18.4. The summed E-state index contributed by atoms with van der Waals surface area (Å²) in [6, 6.07) is 5.00. The number of nitriles is 1. The molecule has 2 fully saturated rings. The number of thiophene rings is 1. The van der Waals surface area contributed by atoms with Gasteiger partial charge in [-0.3, -0.25) is 24.5 Å². The smallest absolute Gasteiger partial charge is 0.250 e. The zero-order valence-corrected chi connectivity index (χ0v) is 19.2. The highest BCUT2D eigenvalue weighted by molar-refractivity contribution is 7.17. The van der Waals surface area contributed by atoms with Gasteiger partial charge in [0.25, 0.3) is 0 Å². The molecule has 4 atom stereocenters. The maximum atomic E-state index is 14.3. The molecular weight excluding hydrogens is 473 g/mol. The van der Waals surface area contributed by atoms with Crippen LogP contribution < -0.4 is 21.3 Å². The molecule has 11 heteroatoms. The number of imide groups is 1. The maximum Gasteiger partial charge on any atom is 0.250 e. The summed E-state index contributed by atoms with van der Waals surface area (Å²) in [4.78, 5) is 55.0. The number of carbonyl (C=O) groups excluding carboxylic acids is 4. The molecule has 1 spiro atoms. The number of hydrogen-bond acceptors (Lipinski definition) is 7. The van der Waals surface area contributed by atoms with Gasteiger partial charge in [0.05, 0.1) is 17.4 Å². The third-order valence-electron chi connectivity index (χ3n) is 7.57. The van der Waals surface area contributed by atoms with E-state index in [-0.39, 0.29) is 17.0 Å². The molecule has 2 saturated heterocycles. The van der Waals surface area contributed by atoms with Crippen molar-refractivity contribution in [1.82, 2.24) is 5.32 Å². The van der Waals surface area contributed by atoms with Crippen molar-refractivity contribution in [3.05, 3.63) is 45.6 Å². The number of hydrogen-bond donors (Lipinski definition) is 3. The van der Waals surface area contributed by atoms with Crippen molar-refractivity contribution in [3.63, 3.8) is 0 Å². The summed E-state index contributed by atoms with van der Waals surface area (Å²) in [7, 11) is 0. The average Bonchev–Trinajstić information content (AvgIpc) is 3.50. The average molecular weight is 494 g/mol. The molecule has 4 N–H and O–H groups in total. The summed E-state index contributed by atoms with van der Waals surface area (Å²) in [5.41, 5.74) is 5.40. The van der Waals surface area contributed by atoms with E-state index in [9.17, 15) is 28.8 Å². The molecule has 2 aromatic rings. The first kappa shape index (κ1) is 21.9. The molecule has 178 valence electrons. The summed E-state index contributed by atoms with van der Waals surface area (Å²) in [5, 5.41) is 15.9. The lowest BCUT2D eigenvalue weighted by Crippen LogP contribution is -2.53. The lowest BCUT2D eigenvalue weighted by Gasteiger charge is -2.29. The minimum absolute atomic E-state index is 0.207. The summed E-state index contributed by atoms with van der Waals surface area (Å²) >= 11 is 1.25. The third-order valence-corrected chi connectivity index (χ3v) is 8.84. The summed E-state index contributed by atoms with van der Waals surface area (Å²) in [5.74, 6) is -5.48. The van der Waals surface area contributed by atoms with Crippen molar-refractivity contribution in [2.75, 3.05) is 10.2 Å². The highest BCUT2D eigenvalue weighted by Gasteiger charge is 2.71. The van der Waals surface area contributed by atoms with Gasteiger partial charge < -0.3 is 11.1 Å². The lowest BCUT2D eigenvalue weighted by molar-refractivity contribution is -0.130. The first-order valence-corrected chi connectivity index (χ1v) is 12.2. The van der Waals surface area contributed by atoms with Crippen LogP contribution in [0.1, 0.15) is 40.8 Å². The molecule has 4 heterocycles. The quantitative estimate of drug-likeness (QED) is 0.552. The molecule has 0 radical (unpaired) electrons. The van der Waals surface area contributed by atoms with E-state index >= 15 is 0 Å². The van der Waals surface area contributed by atoms with Gasteiger partial charge in [0.15, 0.2) is 0 Å². The number of carbonyl (C=O) groups is 4. The van der Waals surface area contributed by atoms with Gasteiger partial charge in [0.2, 0.25) is 23.6 Å². The molecule has 9 nitrogen and oxygen atoms in total. The van der Waals surface area contributed by atoms with Crippen molar-refractivity contribution in [2.45, 2.75) is 43.7 Å². The van der Waals surface area contributed by atoms with Gasteiger partial charge in [0, 0.05) is 28.6 Å². The Morgan fingerprint density at radius 2 is 2.03 bits per heavy atom. The number of rotatable bonds is 3. The molecule has 0 saturated carbocycles. The number of nitrogens with two attached hydrogens (primary N) is 1. The molecule has 6 rings (SSSR count). The van der Waals surface area contributed by atoms with E-state index in [4.69, 9.17) is 5.73 Å². The fourth-order valence-electron chi connectivity index (χ4n) is 6.19. The number of benzene rings is 1. The molecule has 0 bridgehead atoms. The van der Waals surface area contributed by atoms with Crippen molar-refractivity contribution in [3.8, 4) is 6.07 Å². The fraction of sp³-hybridized carbons (Fsp3) is 0.375. The van der Waals surface area contributed by atoms with E-state index in [2.05, 4.69) is 16.7 Å². The van der Waals surface area contributed by atoms with Gasteiger partial charge in [-0.05, 0) is 49.4 Å². The molecule has 3 aliphatic heterocycles. The number of fused-ring (bicyclic) bond motifs is 5. The fourth-order valence-corrected chi connectivity index (χ4v) is 7.54. The summed E-state index contributed by atoms with van der Waals surface area (Å²) in [6.45, 7) is 0. The van der Waals surface area contributed by atoms with Gasteiger partial charge in [-0.1, -0.05) is 0 Å². The van der Waals surface area contributed by atoms with Crippen LogP contribution in [0.15, 0.2) is 18.2 Å². The Morgan fingerprint density at radius 1 is 1.26 bits per heavy atom. The Labute approximate surface area is 203 Å². The van der Waals surface area contributed by atoms with Crippen LogP contribution in [0.25, 0.3) is 0 Å². The van der Waals surface area contributed by atoms with Crippen LogP contribution in [0.4, 0.5) is 15.1 Å². The van der Waals surface area contributed by atoms with Gasteiger partial charge in [-0.25, -0.2) is 9.29 Å². The molecule has 35 heavy (non-hydrogen) atoms. The second kappa shape index (κ2) is 7.44. The first-order valence-electron chi connectivity index (χ1n) is 11.4. The van der Waals surface area contributed by atoms with Crippen LogP contribution in [-0.2, 0) is 37.6 Å². The van der Waals surface area contributed by atoms with Gasteiger partial charge in [-0.15, -0.1) is 11.3 Å². The number of nitrogens with zero attached hydrogens (tertiary/aromatic N) is 2. The van der Waals surface area contributed by atoms with E-state index in [1.54, 1.807) is 0 Å². The number of anilines is 2. The van der Waals surface area contributed by atoms with E-state index in [0.29, 0.717) is 17.7 Å². The molecule has 1 aromatic heterocycles. The Hall–Kier alpha value is -3.62. The zero-order chi connectivity index (χ0) is 24.6.